The maximum atomic E-state index is 6.53. The zero-order chi connectivity index (χ0) is 22.0. The number of hydrogen-bond acceptors (Lipinski definition) is 2. The second kappa shape index (κ2) is 7.23. The van der Waals surface area contributed by atoms with Crippen LogP contribution in [0.2, 0.25) is 0 Å². The third kappa shape index (κ3) is 2.82. The molecule has 2 unspecified atom stereocenters. The standard InChI is InChI=1S/C28H27BrN2O/c1-4-30-24-17-20(29)13-14-21(24)22-10-7-9-18(27(22)30)12-15-26-28(2,3)25-16-19-8-5-6-11-23(19)31(25)32-26/h5-15,17,25-26H,4,16H2,1-3H3. The van der Waals surface area contributed by atoms with Gasteiger partial charge in [0.1, 0.15) is 6.10 Å². The number of benzene rings is 3. The third-order valence-corrected chi connectivity index (χ3v) is 7.88. The summed E-state index contributed by atoms with van der Waals surface area (Å²) in [5.41, 5.74) is 6.43. The molecular formula is C28H27BrN2O. The van der Waals surface area contributed by atoms with Crippen LogP contribution in [0.5, 0.6) is 0 Å². The van der Waals surface area contributed by atoms with E-state index in [1.165, 1.54) is 38.6 Å². The molecule has 6 rings (SSSR count). The van der Waals surface area contributed by atoms with Gasteiger partial charge in [-0.15, -0.1) is 0 Å². The van der Waals surface area contributed by atoms with E-state index in [1.807, 2.05) is 0 Å². The quantitative estimate of drug-likeness (QED) is 0.300. The summed E-state index contributed by atoms with van der Waals surface area (Å²) in [6, 6.07) is 22.2. The molecule has 4 aromatic rings. The number of aromatic nitrogens is 1. The van der Waals surface area contributed by atoms with E-state index in [1.54, 1.807) is 0 Å². The lowest BCUT2D eigenvalue weighted by Gasteiger charge is -2.26. The van der Waals surface area contributed by atoms with Crippen molar-refractivity contribution in [2.45, 2.75) is 45.9 Å². The summed E-state index contributed by atoms with van der Waals surface area (Å²) in [6.45, 7) is 7.81. The van der Waals surface area contributed by atoms with E-state index in [9.17, 15) is 0 Å². The van der Waals surface area contributed by atoms with Gasteiger partial charge >= 0.3 is 0 Å². The minimum Gasteiger partial charge on any atom is -0.340 e. The topological polar surface area (TPSA) is 17.4 Å². The Kier molecular flexibility index (Phi) is 4.53. The number of halogens is 1. The molecule has 1 saturated heterocycles. The second-order valence-electron chi connectivity index (χ2n) is 9.53. The SMILES string of the molecule is CCn1c2cc(Br)ccc2c2cccc(C=CC3ON4c5ccccc5CC4C3(C)C)c21. The second-order valence-corrected chi connectivity index (χ2v) is 10.4. The Hall–Kier alpha value is -2.56. The Labute approximate surface area is 197 Å². The number of nitrogens with zero attached hydrogens (tertiary/aromatic N) is 2. The fraction of sp³-hybridized carbons (Fsp3) is 0.286. The van der Waals surface area contributed by atoms with Crippen LogP contribution in [0.3, 0.4) is 0 Å². The lowest BCUT2D eigenvalue weighted by atomic mass is 9.78. The van der Waals surface area contributed by atoms with Gasteiger partial charge in [0.2, 0.25) is 0 Å². The first-order valence-corrected chi connectivity index (χ1v) is 12.2. The lowest BCUT2D eigenvalue weighted by molar-refractivity contribution is 0.0849. The van der Waals surface area contributed by atoms with Crippen molar-refractivity contribution in [3.8, 4) is 0 Å². The normalized spacial score (nSPS) is 21.7. The van der Waals surface area contributed by atoms with Gasteiger partial charge in [0.15, 0.2) is 0 Å². The van der Waals surface area contributed by atoms with E-state index < -0.39 is 0 Å². The fourth-order valence-corrected chi connectivity index (χ4v) is 5.94. The van der Waals surface area contributed by atoms with Gasteiger partial charge in [-0.05, 0) is 42.7 Å². The summed E-state index contributed by atoms with van der Waals surface area (Å²) >= 11 is 3.65. The molecule has 2 atom stereocenters. The molecule has 32 heavy (non-hydrogen) atoms. The third-order valence-electron chi connectivity index (χ3n) is 7.39. The molecule has 0 aliphatic carbocycles. The van der Waals surface area contributed by atoms with Crippen LogP contribution >= 0.6 is 15.9 Å². The van der Waals surface area contributed by atoms with Crippen molar-refractivity contribution < 1.29 is 4.84 Å². The number of rotatable bonds is 3. The minimum atomic E-state index is 0.0196. The van der Waals surface area contributed by atoms with Crippen LogP contribution in [-0.2, 0) is 17.8 Å². The van der Waals surface area contributed by atoms with Crippen molar-refractivity contribution in [3.05, 3.63) is 82.3 Å². The van der Waals surface area contributed by atoms with Crippen molar-refractivity contribution in [2.24, 2.45) is 5.41 Å². The van der Waals surface area contributed by atoms with Crippen molar-refractivity contribution in [2.75, 3.05) is 5.06 Å². The van der Waals surface area contributed by atoms with E-state index in [0.717, 1.165) is 17.4 Å². The summed E-state index contributed by atoms with van der Waals surface area (Å²) < 4.78 is 3.53. The lowest BCUT2D eigenvalue weighted by Crippen LogP contribution is -2.36. The summed E-state index contributed by atoms with van der Waals surface area (Å²) in [5.74, 6) is 0. The first-order valence-electron chi connectivity index (χ1n) is 11.4. The molecule has 3 heterocycles. The van der Waals surface area contributed by atoms with Crippen LogP contribution in [0.15, 0.2) is 71.2 Å². The molecule has 0 N–H and O–H groups in total. The van der Waals surface area contributed by atoms with Gasteiger partial charge in [-0.25, -0.2) is 5.06 Å². The average molecular weight is 487 g/mol. The first-order chi connectivity index (χ1) is 15.5. The van der Waals surface area contributed by atoms with Crippen molar-refractivity contribution in [3.63, 3.8) is 0 Å². The van der Waals surface area contributed by atoms with Crippen LogP contribution in [0, 0.1) is 5.41 Å². The maximum Gasteiger partial charge on any atom is 0.111 e. The fourth-order valence-electron chi connectivity index (χ4n) is 5.59. The Morgan fingerprint density at radius 2 is 1.91 bits per heavy atom. The molecule has 1 fully saturated rings. The highest BCUT2D eigenvalue weighted by Gasteiger charge is 2.52. The summed E-state index contributed by atoms with van der Waals surface area (Å²) in [5, 5.41) is 4.76. The maximum absolute atomic E-state index is 6.53. The van der Waals surface area contributed by atoms with Crippen LogP contribution < -0.4 is 5.06 Å². The van der Waals surface area contributed by atoms with Gasteiger partial charge in [-0.2, -0.15) is 0 Å². The molecule has 2 aliphatic heterocycles. The predicted octanol–water partition coefficient (Wildman–Crippen LogP) is 7.36. The van der Waals surface area contributed by atoms with Gasteiger partial charge in [0.05, 0.1) is 22.8 Å². The van der Waals surface area contributed by atoms with Crippen molar-refractivity contribution >= 4 is 49.5 Å². The van der Waals surface area contributed by atoms with Crippen molar-refractivity contribution in [1.82, 2.24) is 4.57 Å². The first kappa shape index (κ1) is 20.1. The molecular weight excluding hydrogens is 460 g/mol. The zero-order valence-corrected chi connectivity index (χ0v) is 20.3. The molecule has 0 saturated carbocycles. The molecule has 0 radical (unpaired) electrons. The number of hydroxylamine groups is 1. The smallest absolute Gasteiger partial charge is 0.111 e. The Bertz CT molecular complexity index is 1380. The van der Waals surface area contributed by atoms with E-state index in [-0.39, 0.29) is 11.5 Å². The van der Waals surface area contributed by atoms with Crippen LogP contribution in [0.1, 0.15) is 31.9 Å². The van der Waals surface area contributed by atoms with Crippen molar-refractivity contribution in [1.29, 1.82) is 0 Å². The molecule has 3 aromatic carbocycles. The number of fused-ring (bicyclic) bond motifs is 6. The van der Waals surface area contributed by atoms with Gasteiger partial charge in [-0.3, -0.25) is 4.84 Å². The molecule has 162 valence electrons. The van der Waals surface area contributed by atoms with Crippen LogP contribution in [-0.4, -0.2) is 16.7 Å². The van der Waals surface area contributed by atoms with Crippen LogP contribution in [0.4, 0.5) is 5.69 Å². The van der Waals surface area contributed by atoms with E-state index >= 15 is 0 Å². The molecule has 2 aliphatic rings. The molecule has 0 amide bonds. The molecule has 0 bridgehead atoms. The number of aryl methyl sites for hydroxylation is 1. The van der Waals surface area contributed by atoms with E-state index in [2.05, 4.69) is 119 Å². The summed E-state index contributed by atoms with van der Waals surface area (Å²) in [7, 11) is 0. The number of anilines is 1. The predicted molar refractivity (Wildman–Crippen MR) is 137 cm³/mol. The Morgan fingerprint density at radius 3 is 2.75 bits per heavy atom. The largest absolute Gasteiger partial charge is 0.340 e. The molecule has 0 spiro atoms. The molecule has 3 nitrogen and oxygen atoms in total. The Morgan fingerprint density at radius 1 is 1.06 bits per heavy atom. The monoisotopic (exact) mass is 486 g/mol. The summed E-state index contributed by atoms with van der Waals surface area (Å²) in [6.07, 6.45) is 5.61. The van der Waals surface area contributed by atoms with Gasteiger partial charge in [0, 0.05) is 27.2 Å². The van der Waals surface area contributed by atoms with Gasteiger partial charge in [-0.1, -0.05) is 84.4 Å². The van der Waals surface area contributed by atoms with Gasteiger partial charge < -0.3 is 4.57 Å². The van der Waals surface area contributed by atoms with E-state index in [0.29, 0.717) is 6.04 Å². The average Bonchev–Trinajstić information content (AvgIpc) is 3.39. The van der Waals surface area contributed by atoms with Gasteiger partial charge in [0.25, 0.3) is 0 Å². The molecule has 4 heteroatoms. The number of hydrogen-bond donors (Lipinski definition) is 0. The zero-order valence-electron chi connectivity index (χ0n) is 18.7. The minimum absolute atomic E-state index is 0.0196. The number of para-hydroxylation sites is 2. The molecule has 1 aromatic heterocycles. The Balaban J connectivity index is 1.41. The highest BCUT2D eigenvalue weighted by molar-refractivity contribution is 9.10. The summed E-state index contributed by atoms with van der Waals surface area (Å²) in [4.78, 5) is 6.53. The van der Waals surface area contributed by atoms with Crippen LogP contribution in [0.25, 0.3) is 27.9 Å². The highest BCUT2D eigenvalue weighted by atomic mass is 79.9. The van der Waals surface area contributed by atoms with E-state index in [4.69, 9.17) is 4.84 Å². The highest BCUT2D eigenvalue weighted by Crippen LogP contribution is 2.48.